The molecule has 0 aliphatic heterocycles. The molecule has 5 heteroatoms. The van der Waals surface area contributed by atoms with Gasteiger partial charge in [-0.15, -0.1) is 11.3 Å². The topological polar surface area (TPSA) is 42.4 Å². The molecule has 0 radical (unpaired) electrons. The van der Waals surface area contributed by atoms with Crippen LogP contribution in [0.3, 0.4) is 0 Å². The van der Waals surface area contributed by atoms with Gasteiger partial charge < -0.3 is 9.53 Å². The van der Waals surface area contributed by atoms with Crippen LogP contribution < -0.4 is 0 Å². The molecule has 16 heavy (non-hydrogen) atoms. The molecule has 1 rings (SSSR count). The molecule has 0 atom stereocenters. The molecular weight excluding hydrogens is 238 g/mol. The van der Waals surface area contributed by atoms with E-state index in [1.165, 1.54) is 0 Å². The van der Waals surface area contributed by atoms with Crippen molar-refractivity contribution in [1.82, 2.24) is 4.98 Å². The van der Waals surface area contributed by atoms with Crippen molar-refractivity contribution in [3.05, 3.63) is 16.1 Å². The highest BCUT2D eigenvalue weighted by molar-refractivity contribution is 7.09. The van der Waals surface area contributed by atoms with Gasteiger partial charge in [-0.2, -0.15) is 0 Å². The van der Waals surface area contributed by atoms with E-state index in [0.29, 0.717) is 6.61 Å². The molecule has 0 spiro atoms. The first kappa shape index (κ1) is 13.8. The molecule has 0 aliphatic rings. The van der Waals surface area contributed by atoms with E-state index < -0.39 is 8.32 Å². The predicted molar refractivity (Wildman–Crippen MR) is 70.0 cm³/mol. The number of nitrogens with zero attached hydrogens (tertiary/aromatic N) is 1. The van der Waals surface area contributed by atoms with Crippen molar-refractivity contribution in [1.29, 1.82) is 0 Å². The fraction of sp³-hybridized carbons (Fsp3) is 0.727. The lowest BCUT2D eigenvalue weighted by molar-refractivity contribution is 0.268. The molecule has 1 aromatic rings. The Morgan fingerprint density at radius 1 is 1.44 bits per heavy atom. The second-order valence-electron chi connectivity index (χ2n) is 5.44. The Bertz CT molecular complexity index is 344. The van der Waals surface area contributed by atoms with E-state index in [2.05, 4.69) is 38.8 Å². The van der Waals surface area contributed by atoms with Gasteiger partial charge in [-0.1, -0.05) is 20.8 Å². The summed E-state index contributed by atoms with van der Waals surface area (Å²) in [6, 6.07) is 0. The van der Waals surface area contributed by atoms with Crippen LogP contribution in [-0.4, -0.2) is 18.4 Å². The molecule has 0 fully saturated rings. The van der Waals surface area contributed by atoms with Crippen molar-refractivity contribution in [2.45, 2.75) is 52.1 Å². The van der Waals surface area contributed by atoms with Gasteiger partial charge in [0, 0.05) is 5.38 Å². The Morgan fingerprint density at radius 3 is 2.50 bits per heavy atom. The third-order valence-corrected chi connectivity index (χ3v) is 8.47. The van der Waals surface area contributed by atoms with Crippen LogP contribution in [0, 0.1) is 0 Å². The number of aliphatic hydroxyl groups is 1. The molecular formula is C11H21NO2SSi. The van der Waals surface area contributed by atoms with Gasteiger partial charge in [-0.05, 0) is 18.1 Å². The summed E-state index contributed by atoms with van der Waals surface area (Å²) >= 11 is 1.55. The van der Waals surface area contributed by atoms with E-state index in [1.807, 2.05) is 5.38 Å². The normalized spacial score (nSPS) is 13.1. The fourth-order valence-corrected chi connectivity index (χ4v) is 2.68. The van der Waals surface area contributed by atoms with Crippen molar-refractivity contribution in [2.75, 3.05) is 0 Å². The highest BCUT2D eigenvalue weighted by Gasteiger charge is 2.37. The van der Waals surface area contributed by atoms with Gasteiger partial charge in [0.05, 0.1) is 18.9 Å². The van der Waals surface area contributed by atoms with Crippen molar-refractivity contribution in [3.63, 3.8) is 0 Å². The van der Waals surface area contributed by atoms with Gasteiger partial charge in [0.2, 0.25) is 0 Å². The minimum atomic E-state index is -1.68. The Kier molecular flexibility index (Phi) is 4.28. The van der Waals surface area contributed by atoms with Crippen LogP contribution in [0.1, 0.15) is 31.5 Å². The maximum absolute atomic E-state index is 8.92. The van der Waals surface area contributed by atoms with Crippen molar-refractivity contribution < 1.29 is 9.53 Å². The van der Waals surface area contributed by atoms with E-state index in [-0.39, 0.29) is 11.6 Å². The Hall–Kier alpha value is -0.233. The Labute approximate surface area is 103 Å². The van der Waals surface area contributed by atoms with Crippen LogP contribution in [0.5, 0.6) is 0 Å². The van der Waals surface area contributed by atoms with Gasteiger partial charge in [0.25, 0.3) is 0 Å². The molecule has 0 saturated heterocycles. The molecule has 1 aromatic heterocycles. The monoisotopic (exact) mass is 259 g/mol. The van der Waals surface area contributed by atoms with E-state index in [1.54, 1.807) is 11.3 Å². The summed E-state index contributed by atoms with van der Waals surface area (Å²) < 4.78 is 6.04. The highest BCUT2D eigenvalue weighted by atomic mass is 32.1. The van der Waals surface area contributed by atoms with Gasteiger partial charge in [0.15, 0.2) is 8.32 Å². The molecule has 1 heterocycles. The van der Waals surface area contributed by atoms with E-state index >= 15 is 0 Å². The summed E-state index contributed by atoms with van der Waals surface area (Å²) in [5.74, 6) is 0. The van der Waals surface area contributed by atoms with E-state index in [9.17, 15) is 0 Å². The van der Waals surface area contributed by atoms with Crippen molar-refractivity contribution >= 4 is 19.7 Å². The highest BCUT2D eigenvalue weighted by Crippen LogP contribution is 2.37. The number of thiazole rings is 1. The standard InChI is InChI=1S/C11H21NO2SSi/c1-11(2,3)16(4,5)14-7-10-12-9(6-13)8-15-10/h8,13H,6-7H2,1-5H3. The average molecular weight is 259 g/mol. The van der Waals surface area contributed by atoms with Gasteiger partial charge >= 0.3 is 0 Å². The number of rotatable bonds is 4. The zero-order valence-electron chi connectivity index (χ0n) is 10.7. The summed E-state index contributed by atoms with van der Waals surface area (Å²) in [7, 11) is -1.68. The van der Waals surface area contributed by atoms with E-state index in [4.69, 9.17) is 9.53 Å². The number of aromatic nitrogens is 1. The number of hydrogen-bond donors (Lipinski definition) is 1. The maximum Gasteiger partial charge on any atom is 0.192 e. The maximum atomic E-state index is 8.92. The number of hydrogen-bond acceptors (Lipinski definition) is 4. The second kappa shape index (κ2) is 4.95. The molecule has 0 bridgehead atoms. The summed E-state index contributed by atoms with van der Waals surface area (Å²) in [6.07, 6.45) is 0. The average Bonchev–Trinajstić information content (AvgIpc) is 2.60. The van der Waals surface area contributed by atoms with Crippen molar-refractivity contribution in [3.8, 4) is 0 Å². The molecule has 0 amide bonds. The minimum absolute atomic E-state index is 0.0105. The van der Waals surface area contributed by atoms with Gasteiger partial charge in [-0.25, -0.2) is 4.98 Å². The van der Waals surface area contributed by atoms with Gasteiger partial charge in [-0.3, -0.25) is 0 Å². The molecule has 92 valence electrons. The summed E-state index contributed by atoms with van der Waals surface area (Å²) in [5, 5.41) is 12.0. The molecule has 1 N–H and O–H groups in total. The lowest BCUT2D eigenvalue weighted by atomic mass is 10.2. The van der Waals surface area contributed by atoms with Crippen LogP contribution in [0.15, 0.2) is 5.38 Å². The first-order valence-corrected chi connectivity index (χ1v) is 9.23. The lowest BCUT2D eigenvalue weighted by Gasteiger charge is -2.35. The van der Waals surface area contributed by atoms with Crippen LogP contribution in [-0.2, 0) is 17.6 Å². The Morgan fingerprint density at radius 2 is 2.06 bits per heavy atom. The molecule has 0 unspecified atom stereocenters. The number of aliphatic hydroxyl groups excluding tert-OH is 1. The summed E-state index contributed by atoms with van der Waals surface area (Å²) in [4.78, 5) is 4.28. The van der Waals surface area contributed by atoms with E-state index in [0.717, 1.165) is 10.7 Å². The minimum Gasteiger partial charge on any atom is -0.410 e. The van der Waals surface area contributed by atoms with Gasteiger partial charge in [0.1, 0.15) is 5.01 Å². The van der Waals surface area contributed by atoms with Crippen LogP contribution in [0.4, 0.5) is 0 Å². The van der Waals surface area contributed by atoms with Crippen LogP contribution in [0.25, 0.3) is 0 Å². The summed E-state index contributed by atoms with van der Waals surface area (Å²) in [5.41, 5.74) is 0.735. The van der Waals surface area contributed by atoms with Crippen LogP contribution in [0.2, 0.25) is 18.1 Å². The fourth-order valence-electron chi connectivity index (χ4n) is 0.946. The lowest BCUT2D eigenvalue weighted by Crippen LogP contribution is -2.40. The molecule has 0 saturated carbocycles. The molecule has 0 aliphatic carbocycles. The third-order valence-electron chi connectivity index (χ3n) is 3.12. The quantitative estimate of drug-likeness (QED) is 0.845. The smallest absolute Gasteiger partial charge is 0.192 e. The second-order valence-corrected chi connectivity index (χ2v) is 11.2. The first-order valence-electron chi connectivity index (χ1n) is 5.44. The summed E-state index contributed by atoms with van der Waals surface area (Å²) in [6.45, 7) is 11.7. The predicted octanol–water partition coefficient (Wildman–Crippen LogP) is 3.16. The van der Waals surface area contributed by atoms with Crippen molar-refractivity contribution in [2.24, 2.45) is 0 Å². The Balaban J connectivity index is 2.57. The zero-order chi connectivity index (χ0) is 12.4. The first-order chi connectivity index (χ1) is 7.26. The third kappa shape index (κ3) is 3.38. The van der Waals surface area contributed by atoms with Crippen LogP contribution >= 0.6 is 11.3 Å². The SMILES string of the molecule is CC(C)(C)[Si](C)(C)OCc1nc(CO)cs1. The zero-order valence-corrected chi connectivity index (χ0v) is 12.5. The molecule has 0 aromatic carbocycles. The molecule has 3 nitrogen and oxygen atoms in total. The largest absolute Gasteiger partial charge is 0.410 e.